The van der Waals surface area contributed by atoms with Crippen LogP contribution in [0.4, 0.5) is 5.69 Å². The molecule has 1 N–H and O–H groups in total. The maximum atomic E-state index is 10.00. The average Bonchev–Trinajstić information content (AvgIpc) is 2.06. The van der Waals surface area contributed by atoms with Crippen molar-refractivity contribution in [3.05, 3.63) is 28.4 Å². The molecule has 0 spiro atoms. The number of aromatic hydroxyl groups is 1. The van der Waals surface area contributed by atoms with E-state index in [0.29, 0.717) is 0 Å². The van der Waals surface area contributed by atoms with Crippen LogP contribution in [0, 0.1) is 10.1 Å². The predicted molar refractivity (Wildman–Crippen MR) is 53.9 cm³/mol. The van der Waals surface area contributed by atoms with Crippen molar-refractivity contribution in [3.63, 3.8) is 0 Å². The van der Waals surface area contributed by atoms with E-state index in [0.717, 1.165) is 12.3 Å². The molecule has 0 radical (unpaired) electrons. The number of rotatable bonds is 1. The van der Waals surface area contributed by atoms with Gasteiger partial charge in [-0.2, -0.15) is 3.84 Å². The number of hydrogen-bond acceptors (Lipinski definition) is 5. The molecule has 1 aromatic rings. The maximum absolute atomic E-state index is 10.00. The van der Waals surface area contributed by atoms with Gasteiger partial charge in [0.05, 0.1) is 28.7 Å². The van der Waals surface area contributed by atoms with Crippen LogP contribution in [0.25, 0.3) is 0 Å². The Bertz CT molecular complexity index is 271. The van der Waals surface area contributed by atoms with Gasteiger partial charge in [0.15, 0.2) is 0 Å². The molecule has 0 unspecified atom stereocenters. The Hall–Kier alpha value is -0.591. The summed E-state index contributed by atoms with van der Waals surface area (Å²) in [6.07, 6.45) is 0.995. The van der Waals surface area contributed by atoms with Crippen LogP contribution in [-0.2, 0) is 3.84 Å². The first-order valence-electron chi connectivity index (χ1n) is 2.80. The Morgan fingerprint density at radius 2 is 2.00 bits per heavy atom. The zero-order chi connectivity index (χ0) is 10.3. The first-order chi connectivity index (χ1) is 6.11. The number of nitrogens with zero attached hydrogens (tertiary/aromatic N) is 2. The van der Waals surface area contributed by atoms with E-state index in [9.17, 15) is 10.1 Å². The van der Waals surface area contributed by atoms with Gasteiger partial charge in [0.1, 0.15) is 6.20 Å². The summed E-state index contributed by atoms with van der Waals surface area (Å²) in [4.78, 5) is 12.7. The van der Waals surface area contributed by atoms with Gasteiger partial charge in [-0.25, -0.2) is 4.98 Å². The van der Waals surface area contributed by atoms with Crippen molar-refractivity contribution in [1.29, 1.82) is 0 Å². The summed E-state index contributed by atoms with van der Waals surface area (Å²) in [5.41, 5.74) is -0.127. The minimum atomic E-state index is -0.577. The predicted octanol–water partition coefficient (Wildman–Crippen LogP) is 1.09. The Balaban J connectivity index is 0. The molecule has 0 amide bonds. The van der Waals surface area contributed by atoms with E-state index in [4.69, 9.17) is 5.11 Å². The molecule has 1 aromatic heterocycles. The van der Waals surface area contributed by atoms with Crippen molar-refractivity contribution in [1.82, 2.24) is 4.98 Å². The Kier molecular flexibility index (Phi) is 10.2. The number of aromatic nitrogens is 1. The quantitative estimate of drug-likeness (QED) is 0.477. The molecule has 0 atom stereocenters. The monoisotopic (exact) mass is 308 g/mol. The van der Waals surface area contributed by atoms with Gasteiger partial charge in [0, 0.05) is 12.1 Å². The van der Waals surface area contributed by atoms with Crippen molar-refractivity contribution in [2.75, 3.05) is 0 Å². The van der Waals surface area contributed by atoms with Crippen LogP contribution in [0.5, 0.6) is 5.88 Å². The molecule has 9 heteroatoms. The zero-order valence-corrected chi connectivity index (χ0v) is 10.2. The summed E-state index contributed by atoms with van der Waals surface area (Å²) in [6, 6.07) is 2.35. The molecule has 1 rings (SSSR count). The normalized spacial score (nSPS) is 7.86. The molecule has 1 heterocycles. The molecule has 0 bridgehead atoms. The van der Waals surface area contributed by atoms with Crippen LogP contribution in [0.2, 0.25) is 0 Å². The van der Waals surface area contributed by atoms with E-state index >= 15 is 0 Å². The molecule has 0 saturated carbocycles. The Morgan fingerprint density at radius 1 is 1.50 bits per heavy atom. The SMILES string of the molecule is ClOCl.O=[N+]([O-])c1ccc(O)nc1.[SeH2]. The van der Waals surface area contributed by atoms with Gasteiger partial charge in [-0.3, -0.25) is 10.1 Å². The summed E-state index contributed by atoms with van der Waals surface area (Å²) in [5.74, 6) is -0.217. The van der Waals surface area contributed by atoms with Gasteiger partial charge in [0.2, 0.25) is 5.88 Å². The number of halogens is 2. The molecule has 0 saturated heterocycles. The van der Waals surface area contributed by atoms with E-state index in [2.05, 4.69) is 32.6 Å². The van der Waals surface area contributed by atoms with Crippen molar-refractivity contribution in [2.45, 2.75) is 0 Å². The summed E-state index contributed by atoms with van der Waals surface area (Å²) in [5, 5.41) is 18.6. The van der Waals surface area contributed by atoms with E-state index in [1.165, 1.54) is 6.07 Å². The van der Waals surface area contributed by atoms with E-state index in [1.54, 1.807) is 0 Å². The fourth-order valence-corrected chi connectivity index (χ4v) is 0.486. The average molecular weight is 308 g/mol. The van der Waals surface area contributed by atoms with Gasteiger partial charge in [0.25, 0.3) is 5.69 Å². The van der Waals surface area contributed by atoms with Gasteiger partial charge in [-0.05, 0) is 0 Å². The molecular formula is C5H6Cl2N2O4Se. The van der Waals surface area contributed by atoms with Crippen molar-refractivity contribution >= 4 is 46.5 Å². The van der Waals surface area contributed by atoms with Crippen LogP contribution >= 0.6 is 23.7 Å². The van der Waals surface area contributed by atoms with Crippen molar-refractivity contribution in [3.8, 4) is 5.88 Å². The molecule has 0 aliphatic heterocycles. The van der Waals surface area contributed by atoms with Crippen LogP contribution < -0.4 is 0 Å². The Labute approximate surface area is 99.8 Å². The van der Waals surface area contributed by atoms with Gasteiger partial charge in [-0.15, -0.1) is 0 Å². The fourth-order valence-electron chi connectivity index (χ4n) is 0.486. The molecule has 6 nitrogen and oxygen atoms in total. The standard InChI is InChI=1S/C5H4N2O3.Cl2O.H2Se/c8-5-2-1-4(3-6-5)7(9)10;1-3-2;/h1-3H,(H,6,8);;1H2. The van der Waals surface area contributed by atoms with Crippen LogP contribution in [0.15, 0.2) is 18.3 Å². The summed E-state index contributed by atoms with van der Waals surface area (Å²) in [6.45, 7) is 0. The second kappa shape index (κ2) is 8.98. The molecule has 80 valence electrons. The second-order valence-corrected chi connectivity index (χ2v) is 2.16. The third kappa shape index (κ3) is 6.88. The number of pyridine rings is 1. The third-order valence-electron chi connectivity index (χ3n) is 0.943. The fraction of sp³-hybridized carbons (Fsp3) is 0. The van der Waals surface area contributed by atoms with E-state index < -0.39 is 4.92 Å². The minimum absolute atomic E-state index is 0. The van der Waals surface area contributed by atoms with Gasteiger partial charge < -0.3 is 5.11 Å². The summed E-state index contributed by atoms with van der Waals surface area (Å²) in [7, 11) is 0. The number of hydrogen-bond donors (Lipinski definition) is 1. The third-order valence-corrected chi connectivity index (χ3v) is 0.943. The topological polar surface area (TPSA) is 85.5 Å². The first kappa shape index (κ1) is 15.9. The summed E-state index contributed by atoms with van der Waals surface area (Å²) >= 11 is 8.53. The van der Waals surface area contributed by atoms with Crippen molar-refractivity contribution in [2.24, 2.45) is 0 Å². The van der Waals surface area contributed by atoms with Gasteiger partial charge >= 0.3 is 17.1 Å². The first-order valence-corrected chi connectivity index (χ1v) is 3.42. The van der Waals surface area contributed by atoms with Crippen LogP contribution in [0.3, 0.4) is 0 Å². The van der Waals surface area contributed by atoms with Gasteiger partial charge in [-0.1, -0.05) is 0 Å². The van der Waals surface area contributed by atoms with E-state index in [1.807, 2.05) is 0 Å². The molecule has 0 aliphatic carbocycles. The molecule has 14 heavy (non-hydrogen) atoms. The Morgan fingerprint density at radius 3 is 2.29 bits per heavy atom. The van der Waals surface area contributed by atoms with Crippen LogP contribution in [-0.4, -0.2) is 32.1 Å². The number of nitro groups is 1. The molecule has 0 aromatic carbocycles. The second-order valence-electron chi connectivity index (χ2n) is 1.69. The zero-order valence-electron chi connectivity index (χ0n) is 6.55. The van der Waals surface area contributed by atoms with Crippen molar-refractivity contribution < 1.29 is 13.9 Å². The molecular weight excluding hydrogens is 302 g/mol. The van der Waals surface area contributed by atoms with Crippen LogP contribution in [0.1, 0.15) is 0 Å². The summed E-state index contributed by atoms with van der Waals surface area (Å²) < 4.78 is 3.19. The van der Waals surface area contributed by atoms with E-state index in [-0.39, 0.29) is 28.6 Å². The molecule has 0 fully saturated rings. The molecule has 0 aliphatic rings.